The minimum absolute atomic E-state index is 0.186. The third-order valence-electron chi connectivity index (χ3n) is 5.61. The number of carbonyl (C=O) groups excluding carboxylic acids is 1. The minimum atomic E-state index is -0.201. The molecule has 3 heteroatoms. The number of likely N-dealkylation sites (tertiary alicyclic amines) is 1. The van der Waals surface area contributed by atoms with Crippen LogP contribution in [0.4, 0.5) is 0 Å². The minimum Gasteiger partial charge on any atom is -0.297 e. The van der Waals surface area contributed by atoms with Crippen LogP contribution in [-0.2, 0) is 4.79 Å². The highest BCUT2D eigenvalue weighted by molar-refractivity contribution is 8.00. The fourth-order valence-corrected chi connectivity index (χ4v) is 6.79. The van der Waals surface area contributed by atoms with Crippen LogP contribution in [-0.4, -0.2) is 33.9 Å². The van der Waals surface area contributed by atoms with E-state index in [1.54, 1.807) is 0 Å². The van der Waals surface area contributed by atoms with Gasteiger partial charge in [-0.1, -0.05) is 40.5 Å². The van der Waals surface area contributed by atoms with E-state index in [-0.39, 0.29) is 11.5 Å². The van der Waals surface area contributed by atoms with Crippen molar-refractivity contribution < 1.29 is 4.79 Å². The first-order valence-corrected chi connectivity index (χ1v) is 9.33. The zero-order valence-electron chi connectivity index (χ0n) is 13.4. The van der Waals surface area contributed by atoms with Gasteiger partial charge in [-0.05, 0) is 37.6 Å². The van der Waals surface area contributed by atoms with Crippen molar-refractivity contribution in [1.82, 2.24) is 4.90 Å². The summed E-state index contributed by atoms with van der Waals surface area (Å²) in [4.78, 5) is 15.3. The summed E-state index contributed by atoms with van der Waals surface area (Å²) in [5.74, 6) is 2.13. The Kier molecular flexibility index (Phi) is 3.96. The molecule has 1 aliphatic carbocycles. The highest BCUT2D eigenvalue weighted by Gasteiger charge is 2.55. The Balaban J connectivity index is 1.80. The van der Waals surface area contributed by atoms with E-state index in [0.717, 1.165) is 30.1 Å². The molecule has 0 aromatic heterocycles. The highest BCUT2D eigenvalue weighted by Crippen LogP contribution is 2.56. The Morgan fingerprint density at radius 3 is 2.55 bits per heavy atom. The maximum Gasteiger partial charge on any atom is 0.155 e. The van der Waals surface area contributed by atoms with Gasteiger partial charge in [-0.15, -0.1) is 11.8 Å². The average molecular weight is 295 g/mol. The van der Waals surface area contributed by atoms with Gasteiger partial charge in [0.15, 0.2) is 5.78 Å². The van der Waals surface area contributed by atoms with E-state index in [2.05, 4.69) is 44.4 Å². The number of fused-ring (bicyclic) bond motifs is 3. The second-order valence-electron chi connectivity index (χ2n) is 7.87. The van der Waals surface area contributed by atoms with Crippen molar-refractivity contribution in [2.45, 2.75) is 76.5 Å². The molecule has 0 aromatic rings. The molecule has 5 atom stereocenters. The monoisotopic (exact) mass is 295 g/mol. The summed E-state index contributed by atoms with van der Waals surface area (Å²) in [5.41, 5.74) is -0.201. The molecular formula is C17H29NOS. The molecule has 0 radical (unpaired) electrons. The van der Waals surface area contributed by atoms with E-state index in [4.69, 9.17) is 0 Å². The first-order chi connectivity index (χ1) is 9.43. The molecule has 0 amide bonds. The molecule has 20 heavy (non-hydrogen) atoms. The van der Waals surface area contributed by atoms with Crippen molar-refractivity contribution in [3.63, 3.8) is 0 Å². The third kappa shape index (κ3) is 2.35. The highest BCUT2D eigenvalue weighted by atomic mass is 32.2. The molecule has 3 rings (SSSR count). The number of carbonyl (C=O) groups is 1. The molecular weight excluding hydrogens is 266 g/mol. The number of ketones is 1. The van der Waals surface area contributed by atoms with Crippen LogP contribution in [0.15, 0.2) is 0 Å². The molecule has 2 saturated heterocycles. The second-order valence-corrected chi connectivity index (χ2v) is 9.23. The largest absolute Gasteiger partial charge is 0.297 e. The molecule has 0 spiro atoms. The molecule has 0 bridgehead atoms. The van der Waals surface area contributed by atoms with Crippen molar-refractivity contribution in [2.24, 2.45) is 17.3 Å². The van der Waals surface area contributed by atoms with E-state index in [1.807, 2.05) is 0 Å². The molecule has 5 unspecified atom stereocenters. The number of thioether (sulfide) groups is 1. The third-order valence-corrected chi connectivity index (χ3v) is 7.45. The van der Waals surface area contributed by atoms with Crippen LogP contribution >= 0.6 is 11.8 Å². The lowest BCUT2D eigenvalue weighted by molar-refractivity contribution is -0.131. The van der Waals surface area contributed by atoms with E-state index in [1.165, 1.54) is 25.7 Å². The van der Waals surface area contributed by atoms with Gasteiger partial charge in [0.2, 0.25) is 0 Å². The number of likely N-dealkylation sites (N-methyl/N-ethyl adjacent to an activating group) is 1. The van der Waals surface area contributed by atoms with Gasteiger partial charge in [-0.3, -0.25) is 9.69 Å². The topological polar surface area (TPSA) is 20.3 Å². The van der Waals surface area contributed by atoms with Gasteiger partial charge in [0.05, 0.1) is 11.4 Å². The van der Waals surface area contributed by atoms with Crippen molar-refractivity contribution in [2.75, 3.05) is 6.54 Å². The van der Waals surface area contributed by atoms with Gasteiger partial charge >= 0.3 is 0 Å². The van der Waals surface area contributed by atoms with Crippen LogP contribution in [0.1, 0.15) is 59.8 Å². The second kappa shape index (κ2) is 5.31. The molecule has 3 aliphatic rings. The Morgan fingerprint density at radius 1 is 1.20 bits per heavy atom. The Labute approximate surface area is 128 Å². The van der Waals surface area contributed by atoms with Crippen LogP contribution in [0.3, 0.4) is 0 Å². The van der Waals surface area contributed by atoms with Crippen molar-refractivity contribution in [3.8, 4) is 0 Å². The van der Waals surface area contributed by atoms with E-state index >= 15 is 0 Å². The van der Waals surface area contributed by atoms with Crippen LogP contribution < -0.4 is 0 Å². The Hall–Kier alpha value is -0.0200. The van der Waals surface area contributed by atoms with E-state index in [0.29, 0.717) is 11.2 Å². The van der Waals surface area contributed by atoms with Gasteiger partial charge in [0, 0.05) is 10.7 Å². The fourth-order valence-electron chi connectivity index (χ4n) is 4.62. The zero-order chi connectivity index (χ0) is 14.5. The predicted octanol–water partition coefficient (Wildman–Crippen LogP) is 3.94. The molecule has 2 aliphatic heterocycles. The quantitative estimate of drug-likeness (QED) is 0.769. The predicted molar refractivity (Wildman–Crippen MR) is 85.9 cm³/mol. The first-order valence-electron chi connectivity index (χ1n) is 8.39. The molecule has 1 saturated carbocycles. The molecule has 2 heterocycles. The van der Waals surface area contributed by atoms with E-state index in [9.17, 15) is 4.79 Å². The van der Waals surface area contributed by atoms with Gasteiger partial charge in [-0.2, -0.15) is 0 Å². The summed E-state index contributed by atoms with van der Waals surface area (Å²) in [7, 11) is 0. The SMILES string of the molecule is CCN1C(C(=O)C(C)(C)C)CC2C3CCCCC3SC21. The molecule has 114 valence electrons. The number of hydrogen-bond donors (Lipinski definition) is 0. The first kappa shape index (κ1) is 14.9. The fraction of sp³-hybridized carbons (Fsp3) is 0.941. The number of Topliss-reactive ketones (excluding diaryl/α,β-unsaturated/α-hetero) is 1. The summed E-state index contributed by atoms with van der Waals surface area (Å²) in [5, 5.41) is 1.52. The van der Waals surface area contributed by atoms with Gasteiger partial charge in [-0.25, -0.2) is 0 Å². The summed E-state index contributed by atoms with van der Waals surface area (Å²) in [6, 6.07) is 0.186. The summed E-state index contributed by atoms with van der Waals surface area (Å²) < 4.78 is 0. The Morgan fingerprint density at radius 2 is 1.90 bits per heavy atom. The standard InChI is InChI=1S/C17H29NOS/c1-5-18-13(15(19)17(2,3)4)10-12-11-8-6-7-9-14(11)20-16(12)18/h11-14,16H,5-10H2,1-4H3. The molecule has 2 nitrogen and oxygen atoms in total. The molecule has 0 N–H and O–H groups in total. The number of hydrogen-bond acceptors (Lipinski definition) is 3. The molecule has 0 aromatic carbocycles. The summed E-state index contributed by atoms with van der Waals surface area (Å²) in [6.07, 6.45) is 6.78. The number of nitrogens with zero attached hydrogens (tertiary/aromatic N) is 1. The number of rotatable bonds is 2. The van der Waals surface area contributed by atoms with Crippen molar-refractivity contribution >= 4 is 17.5 Å². The van der Waals surface area contributed by atoms with Crippen LogP contribution in [0.25, 0.3) is 0 Å². The lowest BCUT2D eigenvalue weighted by Crippen LogP contribution is -2.44. The smallest absolute Gasteiger partial charge is 0.155 e. The van der Waals surface area contributed by atoms with Crippen LogP contribution in [0, 0.1) is 17.3 Å². The lowest BCUT2D eigenvalue weighted by Gasteiger charge is -2.32. The Bertz CT molecular complexity index is 389. The average Bonchev–Trinajstić information content (AvgIpc) is 2.91. The van der Waals surface area contributed by atoms with Crippen molar-refractivity contribution in [1.29, 1.82) is 0 Å². The molecule has 3 fully saturated rings. The van der Waals surface area contributed by atoms with Gasteiger partial charge < -0.3 is 0 Å². The zero-order valence-corrected chi connectivity index (χ0v) is 14.2. The van der Waals surface area contributed by atoms with Gasteiger partial charge in [0.1, 0.15) is 0 Å². The van der Waals surface area contributed by atoms with Crippen LogP contribution in [0.2, 0.25) is 0 Å². The van der Waals surface area contributed by atoms with Crippen molar-refractivity contribution in [3.05, 3.63) is 0 Å². The normalized spacial score (nSPS) is 41.5. The maximum absolute atomic E-state index is 12.8. The summed E-state index contributed by atoms with van der Waals surface area (Å²) >= 11 is 2.20. The maximum atomic E-state index is 12.8. The van der Waals surface area contributed by atoms with Crippen LogP contribution in [0.5, 0.6) is 0 Å². The summed E-state index contributed by atoms with van der Waals surface area (Å²) in [6.45, 7) is 9.49. The van der Waals surface area contributed by atoms with E-state index < -0.39 is 0 Å². The van der Waals surface area contributed by atoms with Gasteiger partial charge in [0.25, 0.3) is 0 Å². The lowest BCUT2D eigenvalue weighted by atomic mass is 9.77.